The van der Waals surface area contributed by atoms with Crippen LogP contribution in [0, 0.1) is 6.92 Å². The van der Waals surface area contributed by atoms with E-state index in [2.05, 4.69) is 10.6 Å². The van der Waals surface area contributed by atoms with E-state index in [1.54, 1.807) is 25.7 Å². The van der Waals surface area contributed by atoms with Gasteiger partial charge in [0.1, 0.15) is 18.2 Å². The standard InChI is InChI=1S/C26H41N3O4/c1-18-12-11-13-19(16-18)22(23(31)28-20-14-9-8-10-15-20)29(25(2,3)4)21(30)17-27-24(32)33-26(5,6)7/h11-13,16,20,22H,8-10,14-15,17H2,1-7H3,(H,27,32)(H,28,31). The van der Waals surface area contributed by atoms with Gasteiger partial charge in [-0.25, -0.2) is 4.79 Å². The highest BCUT2D eigenvalue weighted by molar-refractivity contribution is 5.91. The summed E-state index contributed by atoms with van der Waals surface area (Å²) in [5.41, 5.74) is 0.436. The maximum Gasteiger partial charge on any atom is 0.408 e. The molecule has 2 rings (SSSR count). The molecule has 0 bridgehead atoms. The van der Waals surface area contributed by atoms with E-state index >= 15 is 0 Å². The fourth-order valence-electron chi connectivity index (χ4n) is 4.24. The van der Waals surface area contributed by atoms with Crippen LogP contribution in [0.4, 0.5) is 4.79 Å². The lowest BCUT2D eigenvalue weighted by atomic mass is 9.93. The summed E-state index contributed by atoms with van der Waals surface area (Å²) >= 11 is 0. The van der Waals surface area contributed by atoms with E-state index in [9.17, 15) is 14.4 Å². The van der Waals surface area contributed by atoms with Gasteiger partial charge in [0.25, 0.3) is 0 Å². The van der Waals surface area contributed by atoms with E-state index in [1.165, 1.54) is 6.42 Å². The van der Waals surface area contributed by atoms with Gasteiger partial charge in [-0.05, 0) is 66.9 Å². The van der Waals surface area contributed by atoms with Gasteiger partial charge in [-0.15, -0.1) is 0 Å². The molecule has 1 aromatic carbocycles. The summed E-state index contributed by atoms with van der Waals surface area (Å²) in [6.45, 7) is 12.7. The first-order valence-corrected chi connectivity index (χ1v) is 11.9. The number of amides is 3. The van der Waals surface area contributed by atoms with Gasteiger partial charge in [0.05, 0.1) is 0 Å². The van der Waals surface area contributed by atoms with Crippen LogP contribution in [0.1, 0.15) is 90.8 Å². The molecule has 33 heavy (non-hydrogen) atoms. The molecule has 1 aromatic rings. The number of carbonyl (C=O) groups excluding carboxylic acids is 3. The lowest BCUT2D eigenvalue weighted by Crippen LogP contribution is -2.56. The summed E-state index contributed by atoms with van der Waals surface area (Å²) in [6.07, 6.45) is 4.63. The third kappa shape index (κ3) is 8.37. The predicted octanol–water partition coefficient (Wildman–Crippen LogP) is 4.64. The molecule has 0 radical (unpaired) electrons. The minimum absolute atomic E-state index is 0.121. The molecule has 1 atom stereocenters. The van der Waals surface area contributed by atoms with Crippen molar-refractivity contribution in [3.05, 3.63) is 35.4 Å². The molecule has 0 saturated heterocycles. The van der Waals surface area contributed by atoms with Crippen LogP contribution in [0.2, 0.25) is 0 Å². The number of nitrogens with one attached hydrogen (secondary N) is 2. The number of alkyl carbamates (subject to hydrolysis) is 1. The summed E-state index contributed by atoms with van der Waals surface area (Å²) < 4.78 is 5.26. The number of carbonyl (C=O) groups is 3. The van der Waals surface area contributed by atoms with Crippen molar-refractivity contribution >= 4 is 17.9 Å². The van der Waals surface area contributed by atoms with Crippen molar-refractivity contribution in [3.63, 3.8) is 0 Å². The highest BCUT2D eigenvalue weighted by Gasteiger charge is 2.39. The van der Waals surface area contributed by atoms with E-state index < -0.39 is 23.3 Å². The van der Waals surface area contributed by atoms with Crippen molar-refractivity contribution in [2.45, 2.75) is 104 Å². The normalized spacial score (nSPS) is 16.0. The van der Waals surface area contributed by atoms with Gasteiger partial charge in [0, 0.05) is 11.6 Å². The number of hydrogen-bond donors (Lipinski definition) is 2. The fraction of sp³-hybridized carbons (Fsp3) is 0.654. The van der Waals surface area contributed by atoms with Crippen molar-refractivity contribution in [2.75, 3.05) is 6.54 Å². The Balaban J connectivity index is 2.32. The highest BCUT2D eigenvalue weighted by atomic mass is 16.6. The minimum Gasteiger partial charge on any atom is -0.444 e. The Kier molecular flexibility index (Phi) is 8.92. The molecule has 1 aliphatic rings. The van der Waals surface area contributed by atoms with Crippen molar-refractivity contribution in [3.8, 4) is 0 Å². The van der Waals surface area contributed by atoms with E-state index in [0.717, 1.165) is 36.8 Å². The Morgan fingerprint density at radius 3 is 2.24 bits per heavy atom. The monoisotopic (exact) mass is 459 g/mol. The van der Waals surface area contributed by atoms with Crippen molar-refractivity contribution in [1.29, 1.82) is 0 Å². The Labute approximate surface area is 198 Å². The maximum absolute atomic E-state index is 13.6. The SMILES string of the molecule is Cc1cccc(C(C(=O)NC2CCCCC2)N(C(=O)CNC(=O)OC(C)(C)C)C(C)(C)C)c1. The first-order valence-electron chi connectivity index (χ1n) is 11.9. The molecule has 1 saturated carbocycles. The number of aryl methyl sites for hydroxylation is 1. The van der Waals surface area contributed by atoms with Crippen molar-refractivity contribution in [2.24, 2.45) is 0 Å². The second-order valence-corrected chi connectivity index (χ2v) is 11.0. The Morgan fingerprint density at radius 2 is 1.70 bits per heavy atom. The van der Waals surface area contributed by atoms with Crippen LogP contribution in [0.25, 0.3) is 0 Å². The van der Waals surface area contributed by atoms with Gasteiger partial charge >= 0.3 is 6.09 Å². The second-order valence-electron chi connectivity index (χ2n) is 11.0. The van der Waals surface area contributed by atoms with E-state index in [-0.39, 0.29) is 24.4 Å². The zero-order chi connectivity index (χ0) is 24.8. The molecule has 7 nitrogen and oxygen atoms in total. The van der Waals surface area contributed by atoms with Gasteiger partial charge in [-0.2, -0.15) is 0 Å². The Morgan fingerprint density at radius 1 is 1.06 bits per heavy atom. The average Bonchev–Trinajstić information content (AvgIpc) is 2.68. The second kappa shape index (κ2) is 11.0. The molecule has 1 fully saturated rings. The summed E-state index contributed by atoms with van der Waals surface area (Å²) in [6, 6.07) is 7.00. The summed E-state index contributed by atoms with van der Waals surface area (Å²) in [4.78, 5) is 40.8. The molecular formula is C26H41N3O4. The van der Waals surface area contributed by atoms with Gasteiger partial charge in [-0.1, -0.05) is 49.1 Å². The summed E-state index contributed by atoms with van der Waals surface area (Å²) in [5.74, 6) is -0.535. The smallest absolute Gasteiger partial charge is 0.408 e. The highest BCUT2D eigenvalue weighted by Crippen LogP contribution is 2.30. The minimum atomic E-state index is -0.806. The zero-order valence-electron chi connectivity index (χ0n) is 21.3. The van der Waals surface area contributed by atoms with Crippen LogP contribution < -0.4 is 10.6 Å². The topological polar surface area (TPSA) is 87.7 Å². The lowest BCUT2D eigenvalue weighted by Gasteiger charge is -2.42. The first kappa shape index (κ1) is 26.7. The first-order chi connectivity index (χ1) is 15.3. The van der Waals surface area contributed by atoms with Gasteiger partial charge in [-0.3, -0.25) is 9.59 Å². The van der Waals surface area contributed by atoms with Gasteiger partial charge in [0.15, 0.2) is 0 Å². The quantitative estimate of drug-likeness (QED) is 0.649. The molecule has 1 unspecified atom stereocenters. The summed E-state index contributed by atoms with van der Waals surface area (Å²) in [7, 11) is 0. The fourth-order valence-corrected chi connectivity index (χ4v) is 4.24. The third-order valence-corrected chi connectivity index (χ3v) is 5.59. The summed E-state index contributed by atoms with van der Waals surface area (Å²) in [5, 5.41) is 5.74. The molecule has 0 heterocycles. The Hall–Kier alpha value is -2.57. The van der Waals surface area contributed by atoms with Crippen LogP contribution in [0.5, 0.6) is 0 Å². The van der Waals surface area contributed by atoms with Crippen LogP contribution >= 0.6 is 0 Å². The molecule has 7 heteroatoms. The predicted molar refractivity (Wildman–Crippen MR) is 130 cm³/mol. The molecule has 0 aliphatic heterocycles. The molecule has 3 amide bonds. The molecular weight excluding hydrogens is 418 g/mol. The zero-order valence-corrected chi connectivity index (χ0v) is 21.3. The number of ether oxygens (including phenoxy) is 1. The van der Waals surface area contributed by atoms with E-state index in [4.69, 9.17) is 4.74 Å². The van der Waals surface area contributed by atoms with Gasteiger partial charge in [0.2, 0.25) is 11.8 Å². The number of benzene rings is 1. The molecule has 0 spiro atoms. The van der Waals surface area contributed by atoms with E-state index in [0.29, 0.717) is 0 Å². The number of nitrogens with zero attached hydrogens (tertiary/aromatic N) is 1. The van der Waals surface area contributed by atoms with Crippen LogP contribution in [0.15, 0.2) is 24.3 Å². The molecule has 1 aliphatic carbocycles. The number of rotatable bonds is 6. The molecule has 2 N–H and O–H groups in total. The van der Waals surface area contributed by atoms with Crippen LogP contribution in [0.3, 0.4) is 0 Å². The van der Waals surface area contributed by atoms with Crippen LogP contribution in [-0.2, 0) is 14.3 Å². The lowest BCUT2D eigenvalue weighted by molar-refractivity contribution is -0.146. The third-order valence-electron chi connectivity index (χ3n) is 5.59. The Bertz CT molecular complexity index is 833. The van der Waals surface area contributed by atoms with Crippen molar-refractivity contribution in [1.82, 2.24) is 15.5 Å². The largest absolute Gasteiger partial charge is 0.444 e. The van der Waals surface area contributed by atoms with Crippen LogP contribution in [-0.4, -0.2) is 46.5 Å². The molecule has 0 aromatic heterocycles. The number of hydrogen-bond acceptors (Lipinski definition) is 4. The maximum atomic E-state index is 13.6. The van der Waals surface area contributed by atoms with E-state index in [1.807, 2.05) is 52.0 Å². The van der Waals surface area contributed by atoms with Gasteiger partial charge < -0.3 is 20.3 Å². The molecule has 184 valence electrons. The van der Waals surface area contributed by atoms with Crippen molar-refractivity contribution < 1.29 is 19.1 Å². The average molecular weight is 460 g/mol.